The third-order valence-corrected chi connectivity index (χ3v) is 2.58. The molecule has 1 aromatic rings. The third-order valence-electron chi connectivity index (χ3n) is 1.46. The topological polar surface area (TPSA) is 66.9 Å². The normalized spacial score (nSPS) is 9.31. The van der Waals surface area contributed by atoms with Gasteiger partial charge in [-0.05, 0) is 34.7 Å². The van der Waals surface area contributed by atoms with Gasteiger partial charge in [-0.15, -0.1) is 0 Å². The number of carbonyl (C=O) groups excluding carboxylic acids is 1. The van der Waals surface area contributed by atoms with Gasteiger partial charge in [0.1, 0.15) is 11.9 Å². The van der Waals surface area contributed by atoms with Crippen LogP contribution in [0.15, 0.2) is 12.1 Å². The van der Waals surface area contributed by atoms with Gasteiger partial charge in [0, 0.05) is 3.57 Å². The number of carbonyl (C=O) groups is 1. The van der Waals surface area contributed by atoms with Gasteiger partial charge in [-0.1, -0.05) is 0 Å². The molecule has 3 nitrogen and oxygen atoms in total. The van der Waals surface area contributed by atoms with E-state index in [9.17, 15) is 9.18 Å². The number of nitriles is 1. The Labute approximate surface area is 87.5 Å². The molecule has 0 radical (unpaired) electrons. The monoisotopic (exact) mass is 290 g/mol. The van der Waals surface area contributed by atoms with Crippen LogP contribution >= 0.6 is 22.6 Å². The van der Waals surface area contributed by atoms with Crippen LogP contribution in [0.5, 0.6) is 0 Å². The molecule has 0 saturated carbocycles. The largest absolute Gasteiger partial charge is 0.365 e. The molecule has 0 spiro atoms. The molecule has 0 heterocycles. The van der Waals surface area contributed by atoms with Gasteiger partial charge in [0.05, 0.1) is 11.1 Å². The minimum absolute atomic E-state index is 0.223. The van der Waals surface area contributed by atoms with Crippen LogP contribution < -0.4 is 5.73 Å². The average Bonchev–Trinajstić information content (AvgIpc) is 2.04. The van der Waals surface area contributed by atoms with Crippen LogP contribution in [0.1, 0.15) is 15.9 Å². The standard InChI is InChI=1S/C8H4FIN2O/c9-5-2-1-4(3-11)7(10)6(5)8(12)13/h1-2H,(H2,12,13). The molecule has 66 valence electrons. The summed E-state index contributed by atoms with van der Waals surface area (Å²) >= 11 is 1.72. The van der Waals surface area contributed by atoms with Crippen molar-refractivity contribution in [2.24, 2.45) is 5.73 Å². The van der Waals surface area contributed by atoms with Gasteiger partial charge in [-0.2, -0.15) is 5.26 Å². The highest BCUT2D eigenvalue weighted by Crippen LogP contribution is 2.19. The van der Waals surface area contributed by atoms with Crippen LogP contribution in [0.3, 0.4) is 0 Å². The highest BCUT2D eigenvalue weighted by molar-refractivity contribution is 14.1. The van der Waals surface area contributed by atoms with Crippen LogP contribution in [0.4, 0.5) is 4.39 Å². The lowest BCUT2D eigenvalue weighted by molar-refractivity contribution is 0.0995. The van der Waals surface area contributed by atoms with Crippen molar-refractivity contribution in [1.82, 2.24) is 0 Å². The first-order chi connectivity index (χ1) is 6.07. The van der Waals surface area contributed by atoms with Gasteiger partial charge in [0.15, 0.2) is 0 Å². The highest BCUT2D eigenvalue weighted by Gasteiger charge is 2.15. The summed E-state index contributed by atoms with van der Waals surface area (Å²) in [6.45, 7) is 0. The van der Waals surface area contributed by atoms with E-state index in [1.165, 1.54) is 6.07 Å². The van der Waals surface area contributed by atoms with Crippen molar-refractivity contribution >= 4 is 28.5 Å². The molecule has 0 saturated heterocycles. The number of rotatable bonds is 1. The summed E-state index contributed by atoms with van der Waals surface area (Å²) in [6.07, 6.45) is 0. The minimum Gasteiger partial charge on any atom is -0.365 e. The van der Waals surface area contributed by atoms with Crippen LogP contribution in [0.25, 0.3) is 0 Å². The van der Waals surface area contributed by atoms with Crippen molar-refractivity contribution in [3.63, 3.8) is 0 Å². The van der Waals surface area contributed by atoms with E-state index >= 15 is 0 Å². The molecule has 0 aliphatic carbocycles. The smallest absolute Gasteiger partial charge is 0.252 e. The van der Waals surface area contributed by atoms with Crippen molar-refractivity contribution in [2.75, 3.05) is 0 Å². The molecule has 13 heavy (non-hydrogen) atoms. The summed E-state index contributed by atoms with van der Waals surface area (Å²) in [6, 6.07) is 4.20. The number of benzene rings is 1. The Balaban J connectivity index is 3.50. The fraction of sp³-hybridized carbons (Fsp3) is 0. The Kier molecular flexibility index (Phi) is 2.83. The highest BCUT2D eigenvalue weighted by atomic mass is 127. The van der Waals surface area contributed by atoms with E-state index in [4.69, 9.17) is 11.0 Å². The Morgan fingerprint density at radius 3 is 2.69 bits per heavy atom. The van der Waals surface area contributed by atoms with E-state index in [1.54, 1.807) is 22.6 Å². The third kappa shape index (κ3) is 1.78. The summed E-state index contributed by atoms with van der Waals surface area (Å²) in [5.41, 5.74) is 4.97. The Hall–Kier alpha value is -1.16. The number of hydrogen-bond acceptors (Lipinski definition) is 2. The predicted octanol–water partition coefficient (Wildman–Crippen LogP) is 1.40. The number of nitrogens with zero attached hydrogens (tertiary/aromatic N) is 1. The van der Waals surface area contributed by atoms with E-state index in [2.05, 4.69) is 0 Å². The first-order valence-electron chi connectivity index (χ1n) is 3.26. The second-order valence-corrected chi connectivity index (χ2v) is 3.34. The van der Waals surface area contributed by atoms with Gasteiger partial charge in [-0.25, -0.2) is 4.39 Å². The summed E-state index contributed by atoms with van der Waals surface area (Å²) in [5.74, 6) is -1.56. The molecular weight excluding hydrogens is 286 g/mol. The van der Waals surface area contributed by atoms with Gasteiger partial charge < -0.3 is 5.73 Å². The lowest BCUT2D eigenvalue weighted by Crippen LogP contribution is -2.15. The minimum atomic E-state index is -0.862. The second-order valence-electron chi connectivity index (χ2n) is 2.26. The van der Waals surface area contributed by atoms with Gasteiger partial charge in [0.25, 0.3) is 5.91 Å². The fourth-order valence-electron chi connectivity index (χ4n) is 0.865. The summed E-state index contributed by atoms with van der Waals surface area (Å²) in [5, 5.41) is 8.59. The van der Waals surface area contributed by atoms with Crippen LogP contribution in [-0.4, -0.2) is 5.91 Å². The van der Waals surface area contributed by atoms with Gasteiger partial charge in [-0.3, -0.25) is 4.79 Å². The Morgan fingerprint density at radius 1 is 1.62 bits per heavy atom. The Morgan fingerprint density at radius 2 is 2.23 bits per heavy atom. The molecule has 1 amide bonds. The quantitative estimate of drug-likeness (QED) is 0.794. The Bertz CT molecular complexity index is 411. The molecule has 1 rings (SSSR count). The maximum atomic E-state index is 13.0. The zero-order chi connectivity index (χ0) is 10.0. The predicted molar refractivity (Wildman–Crippen MR) is 52.3 cm³/mol. The van der Waals surface area contributed by atoms with Gasteiger partial charge >= 0.3 is 0 Å². The molecule has 0 aromatic heterocycles. The first-order valence-corrected chi connectivity index (χ1v) is 4.33. The first kappa shape index (κ1) is 9.92. The maximum absolute atomic E-state index is 13.0. The van der Waals surface area contributed by atoms with E-state index in [1.807, 2.05) is 6.07 Å². The van der Waals surface area contributed by atoms with Gasteiger partial charge in [0.2, 0.25) is 0 Å². The molecule has 5 heteroatoms. The number of hydrogen-bond donors (Lipinski definition) is 1. The van der Waals surface area contributed by atoms with Crippen molar-refractivity contribution in [2.45, 2.75) is 0 Å². The average molecular weight is 290 g/mol. The summed E-state index contributed by atoms with van der Waals surface area (Å²) in [7, 11) is 0. The van der Waals surface area contributed by atoms with Crippen molar-refractivity contribution in [1.29, 1.82) is 5.26 Å². The van der Waals surface area contributed by atoms with Crippen LogP contribution in [-0.2, 0) is 0 Å². The molecule has 1 aromatic carbocycles. The number of amides is 1. The van der Waals surface area contributed by atoms with Crippen molar-refractivity contribution < 1.29 is 9.18 Å². The number of nitrogens with two attached hydrogens (primary N) is 1. The molecule has 2 N–H and O–H groups in total. The van der Waals surface area contributed by atoms with E-state index < -0.39 is 11.7 Å². The van der Waals surface area contributed by atoms with E-state index in [-0.39, 0.29) is 14.7 Å². The van der Waals surface area contributed by atoms with Crippen LogP contribution in [0.2, 0.25) is 0 Å². The summed E-state index contributed by atoms with van der Waals surface area (Å²) in [4.78, 5) is 10.8. The molecular formula is C8H4FIN2O. The molecule has 0 unspecified atom stereocenters. The lowest BCUT2D eigenvalue weighted by atomic mass is 10.1. The molecule has 0 aliphatic rings. The zero-order valence-electron chi connectivity index (χ0n) is 6.34. The van der Waals surface area contributed by atoms with Crippen molar-refractivity contribution in [3.8, 4) is 6.07 Å². The summed E-state index contributed by atoms with van der Waals surface area (Å²) < 4.78 is 13.3. The zero-order valence-corrected chi connectivity index (χ0v) is 8.50. The number of primary amides is 1. The molecule has 0 aliphatic heterocycles. The molecule has 0 bridgehead atoms. The maximum Gasteiger partial charge on any atom is 0.252 e. The molecule has 0 fully saturated rings. The molecule has 0 atom stereocenters. The fourth-order valence-corrected chi connectivity index (χ4v) is 1.69. The SMILES string of the molecule is N#Cc1ccc(F)c(C(N)=O)c1I. The lowest BCUT2D eigenvalue weighted by Gasteiger charge is -2.02. The van der Waals surface area contributed by atoms with Crippen molar-refractivity contribution in [3.05, 3.63) is 32.6 Å². The van der Waals surface area contributed by atoms with E-state index in [0.717, 1.165) is 6.07 Å². The number of halogens is 2. The van der Waals surface area contributed by atoms with E-state index in [0.29, 0.717) is 0 Å². The second kappa shape index (κ2) is 3.70. The van der Waals surface area contributed by atoms with Crippen LogP contribution in [0, 0.1) is 20.7 Å².